The SMILES string of the molecule is CC(C)(Cc1ccc(O)cc1)C(OC(N)=O)c1ccccc1. The molecule has 116 valence electrons. The predicted molar refractivity (Wildman–Crippen MR) is 85.4 cm³/mol. The Bertz CT molecular complexity index is 621. The smallest absolute Gasteiger partial charge is 0.405 e. The van der Waals surface area contributed by atoms with Crippen molar-refractivity contribution in [3.8, 4) is 5.75 Å². The highest BCUT2D eigenvalue weighted by Crippen LogP contribution is 2.39. The van der Waals surface area contributed by atoms with Gasteiger partial charge in [-0.3, -0.25) is 0 Å². The number of amides is 1. The standard InChI is InChI=1S/C18H21NO3/c1-18(2,12-13-8-10-15(20)11-9-13)16(22-17(19)21)14-6-4-3-5-7-14/h3-11,16,20H,12H2,1-2H3,(H2,19,21). The van der Waals surface area contributed by atoms with Crippen molar-refractivity contribution in [2.24, 2.45) is 11.1 Å². The number of hydrogen-bond acceptors (Lipinski definition) is 3. The van der Waals surface area contributed by atoms with Gasteiger partial charge < -0.3 is 15.6 Å². The van der Waals surface area contributed by atoms with Crippen LogP contribution in [-0.2, 0) is 11.2 Å². The van der Waals surface area contributed by atoms with Crippen molar-refractivity contribution < 1.29 is 14.6 Å². The normalized spacial score (nSPS) is 12.6. The number of benzene rings is 2. The number of primary amides is 1. The largest absolute Gasteiger partial charge is 0.508 e. The Morgan fingerprint density at radius 3 is 2.27 bits per heavy atom. The van der Waals surface area contributed by atoms with Crippen molar-refractivity contribution in [1.29, 1.82) is 0 Å². The van der Waals surface area contributed by atoms with Gasteiger partial charge in [-0.25, -0.2) is 4.79 Å². The van der Waals surface area contributed by atoms with Crippen molar-refractivity contribution in [2.75, 3.05) is 0 Å². The zero-order valence-electron chi connectivity index (χ0n) is 12.8. The van der Waals surface area contributed by atoms with Gasteiger partial charge in [0, 0.05) is 5.41 Å². The Kier molecular flexibility index (Phi) is 4.71. The second-order valence-electron chi connectivity index (χ2n) is 6.06. The molecule has 1 atom stereocenters. The zero-order valence-corrected chi connectivity index (χ0v) is 12.8. The molecule has 0 aliphatic heterocycles. The molecule has 4 heteroatoms. The highest BCUT2D eigenvalue weighted by Gasteiger charge is 2.34. The van der Waals surface area contributed by atoms with Crippen LogP contribution < -0.4 is 5.73 Å². The predicted octanol–water partition coefficient (Wildman–Crippen LogP) is 3.80. The van der Waals surface area contributed by atoms with E-state index in [2.05, 4.69) is 0 Å². The Balaban J connectivity index is 2.28. The van der Waals surface area contributed by atoms with E-state index in [0.717, 1.165) is 11.1 Å². The van der Waals surface area contributed by atoms with Gasteiger partial charge in [0.2, 0.25) is 0 Å². The molecule has 0 bridgehead atoms. The second kappa shape index (κ2) is 6.52. The summed E-state index contributed by atoms with van der Waals surface area (Å²) >= 11 is 0. The highest BCUT2D eigenvalue weighted by molar-refractivity contribution is 5.65. The number of hydrogen-bond donors (Lipinski definition) is 2. The van der Waals surface area contributed by atoms with Gasteiger partial charge in [0.05, 0.1) is 0 Å². The first-order valence-electron chi connectivity index (χ1n) is 7.17. The molecular formula is C18H21NO3. The lowest BCUT2D eigenvalue weighted by molar-refractivity contribution is 0.0264. The summed E-state index contributed by atoms with van der Waals surface area (Å²) in [5.41, 5.74) is 6.85. The Labute approximate surface area is 130 Å². The molecule has 2 aromatic carbocycles. The van der Waals surface area contributed by atoms with Gasteiger partial charge in [-0.15, -0.1) is 0 Å². The fourth-order valence-corrected chi connectivity index (χ4v) is 2.66. The van der Waals surface area contributed by atoms with Crippen molar-refractivity contribution in [3.05, 3.63) is 65.7 Å². The van der Waals surface area contributed by atoms with Crippen LogP contribution in [-0.4, -0.2) is 11.2 Å². The van der Waals surface area contributed by atoms with Crippen molar-refractivity contribution >= 4 is 6.09 Å². The fourth-order valence-electron chi connectivity index (χ4n) is 2.66. The number of ether oxygens (including phenoxy) is 1. The summed E-state index contributed by atoms with van der Waals surface area (Å²) < 4.78 is 5.39. The van der Waals surface area contributed by atoms with E-state index < -0.39 is 12.2 Å². The van der Waals surface area contributed by atoms with Crippen LogP contribution in [0.1, 0.15) is 31.1 Å². The molecule has 0 heterocycles. The van der Waals surface area contributed by atoms with E-state index in [1.165, 1.54) is 0 Å². The molecule has 1 amide bonds. The maximum absolute atomic E-state index is 11.3. The molecule has 4 nitrogen and oxygen atoms in total. The highest BCUT2D eigenvalue weighted by atomic mass is 16.6. The molecule has 2 aromatic rings. The number of nitrogens with two attached hydrogens (primary N) is 1. The van der Waals surface area contributed by atoms with Gasteiger partial charge in [-0.2, -0.15) is 0 Å². The number of phenolic OH excluding ortho intramolecular Hbond substituents is 1. The van der Waals surface area contributed by atoms with Crippen molar-refractivity contribution in [1.82, 2.24) is 0 Å². The summed E-state index contributed by atoms with van der Waals surface area (Å²) in [6.07, 6.45) is -0.548. The summed E-state index contributed by atoms with van der Waals surface area (Å²) in [5.74, 6) is 0.231. The van der Waals surface area contributed by atoms with E-state index in [1.54, 1.807) is 12.1 Å². The summed E-state index contributed by atoms with van der Waals surface area (Å²) in [6.45, 7) is 4.06. The Morgan fingerprint density at radius 2 is 1.73 bits per heavy atom. The van der Waals surface area contributed by atoms with Gasteiger partial charge in [0.15, 0.2) is 0 Å². The Morgan fingerprint density at radius 1 is 1.14 bits per heavy atom. The molecule has 0 saturated carbocycles. The summed E-state index contributed by atoms with van der Waals surface area (Å²) in [4.78, 5) is 11.3. The van der Waals surface area contributed by atoms with E-state index in [4.69, 9.17) is 10.5 Å². The lowest BCUT2D eigenvalue weighted by atomic mass is 9.77. The molecule has 0 aliphatic rings. The third-order valence-corrected chi connectivity index (χ3v) is 3.64. The van der Waals surface area contributed by atoms with Crippen LogP contribution in [0.25, 0.3) is 0 Å². The topological polar surface area (TPSA) is 72.6 Å². The van der Waals surface area contributed by atoms with Crippen LogP contribution in [0.15, 0.2) is 54.6 Å². The molecule has 0 fully saturated rings. The maximum atomic E-state index is 11.3. The molecular weight excluding hydrogens is 278 g/mol. The lowest BCUT2D eigenvalue weighted by Crippen LogP contribution is -2.30. The molecule has 2 rings (SSSR count). The number of rotatable bonds is 5. The molecule has 1 unspecified atom stereocenters. The van der Waals surface area contributed by atoms with Crippen LogP contribution in [0.3, 0.4) is 0 Å². The van der Waals surface area contributed by atoms with Gasteiger partial charge >= 0.3 is 6.09 Å². The quantitative estimate of drug-likeness (QED) is 0.882. The summed E-state index contributed by atoms with van der Waals surface area (Å²) in [7, 11) is 0. The number of carbonyl (C=O) groups is 1. The van der Waals surface area contributed by atoms with Crippen LogP contribution in [0.4, 0.5) is 4.79 Å². The van der Waals surface area contributed by atoms with Gasteiger partial charge in [0.25, 0.3) is 0 Å². The van der Waals surface area contributed by atoms with Gasteiger partial charge in [0.1, 0.15) is 11.9 Å². The molecule has 0 aliphatic carbocycles. The molecule has 22 heavy (non-hydrogen) atoms. The zero-order chi connectivity index (χ0) is 16.2. The molecule has 0 radical (unpaired) electrons. The van der Waals surface area contributed by atoms with E-state index in [9.17, 15) is 9.90 Å². The molecule has 0 spiro atoms. The van der Waals surface area contributed by atoms with Crippen LogP contribution in [0.5, 0.6) is 5.75 Å². The minimum absolute atomic E-state index is 0.231. The third kappa shape index (κ3) is 4.01. The maximum Gasteiger partial charge on any atom is 0.405 e. The first-order valence-corrected chi connectivity index (χ1v) is 7.17. The van der Waals surface area contributed by atoms with Crippen molar-refractivity contribution in [3.63, 3.8) is 0 Å². The van der Waals surface area contributed by atoms with E-state index in [1.807, 2.05) is 56.3 Å². The third-order valence-electron chi connectivity index (χ3n) is 3.64. The minimum atomic E-state index is -0.785. The molecule has 0 aromatic heterocycles. The second-order valence-corrected chi connectivity index (χ2v) is 6.06. The average molecular weight is 299 g/mol. The van der Waals surface area contributed by atoms with Gasteiger partial charge in [-0.1, -0.05) is 56.3 Å². The lowest BCUT2D eigenvalue weighted by Gasteiger charge is -2.34. The fraction of sp³-hybridized carbons (Fsp3) is 0.278. The first kappa shape index (κ1) is 15.9. The summed E-state index contributed by atoms with van der Waals surface area (Å²) in [6, 6.07) is 16.6. The average Bonchev–Trinajstić information content (AvgIpc) is 2.47. The van der Waals surface area contributed by atoms with Crippen molar-refractivity contribution in [2.45, 2.75) is 26.4 Å². The van der Waals surface area contributed by atoms with E-state index in [-0.39, 0.29) is 11.2 Å². The van der Waals surface area contributed by atoms with Gasteiger partial charge in [-0.05, 0) is 29.7 Å². The van der Waals surface area contributed by atoms with Crippen LogP contribution in [0, 0.1) is 5.41 Å². The molecule has 0 saturated heterocycles. The van der Waals surface area contributed by atoms with E-state index in [0.29, 0.717) is 6.42 Å². The minimum Gasteiger partial charge on any atom is -0.508 e. The number of carbonyl (C=O) groups excluding carboxylic acids is 1. The first-order chi connectivity index (χ1) is 10.4. The van der Waals surface area contributed by atoms with Crippen LogP contribution >= 0.6 is 0 Å². The van der Waals surface area contributed by atoms with Crippen LogP contribution in [0.2, 0.25) is 0 Å². The molecule has 3 N–H and O–H groups in total. The number of phenols is 1. The summed E-state index contributed by atoms with van der Waals surface area (Å²) in [5, 5.41) is 9.38. The van der Waals surface area contributed by atoms with E-state index >= 15 is 0 Å². The monoisotopic (exact) mass is 299 g/mol. The Hall–Kier alpha value is -2.49. The number of aromatic hydroxyl groups is 1.